The predicted molar refractivity (Wildman–Crippen MR) is 82.5 cm³/mol. The second-order valence-electron chi connectivity index (χ2n) is 5.62. The van der Waals surface area contributed by atoms with Crippen molar-refractivity contribution in [1.82, 2.24) is 5.32 Å². The van der Waals surface area contributed by atoms with E-state index in [2.05, 4.69) is 26.6 Å². The Bertz CT molecular complexity index is 470. The number of alkyl halides is 3. The molecule has 2 unspecified atom stereocenters. The third kappa shape index (κ3) is 4.88. The first-order chi connectivity index (χ1) is 9.86. The zero-order valence-corrected chi connectivity index (χ0v) is 13.5. The number of rotatable bonds is 4. The Labute approximate surface area is 131 Å². The van der Waals surface area contributed by atoms with Crippen LogP contribution in [0, 0.1) is 0 Å². The Kier molecular flexibility index (Phi) is 5.54. The van der Waals surface area contributed by atoms with E-state index in [1.165, 1.54) is 18.9 Å². The van der Waals surface area contributed by atoms with Gasteiger partial charge in [0, 0.05) is 22.2 Å². The fourth-order valence-corrected chi connectivity index (χ4v) is 3.05. The SMILES string of the molecule is CC(CC1CCCCN1)Nc1cc(C(F)(F)F)ccc1Br. The zero-order chi connectivity index (χ0) is 15.5. The molecule has 0 saturated carbocycles. The Morgan fingerprint density at radius 2 is 2.14 bits per heavy atom. The molecule has 0 aromatic heterocycles. The third-order valence-corrected chi connectivity index (χ3v) is 4.44. The molecule has 6 heteroatoms. The Morgan fingerprint density at radius 3 is 2.76 bits per heavy atom. The van der Waals surface area contributed by atoms with E-state index in [1.54, 1.807) is 0 Å². The van der Waals surface area contributed by atoms with E-state index in [-0.39, 0.29) is 6.04 Å². The number of hydrogen-bond acceptors (Lipinski definition) is 2. The van der Waals surface area contributed by atoms with Gasteiger partial charge in [0.1, 0.15) is 0 Å². The van der Waals surface area contributed by atoms with Crippen molar-refractivity contribution >= 4 is 21.6 Å². The highest BCUT2D eigenvalue weighted by molar-refractivity contribution is 9.10. The average Bonchev–Trinajstić information content (AvgIpc) is 2.41. The van der Waals surface area contributed by atoms with Crippen LogP contribution < -0.4 is 10.6 Å². The summed E-state index contributed by atoms with van der Waals surface area (Å²) in [6.07, 6.45) is 0.152. The maximum Gasteiger partial charge on any atom is 0.416 e. The largest absolute Gasteiger partial charge is 0.416 e. The number of piperidine rings is 1. The van der Waals surface area contributed by atoms with E-state index < -0.39 is 11.7 Å². The third-order valence-electron chi connectivity index (χ3n) is 3.75. The zero-order valence-electron chi connectivity index (χ0n) is 11.9. The van der Waals surface area contributed by atoms with Crippen LogP contribution in [-0.2, 0) is 6.18 Å². The highest BCUT2D eigenvalue weighted by atomic mass is 79.9. The standard InChI is InChI=1S/C15H20BrF3N2/c1-10(8-12-4-2-3-7-20-12)21-14-9-11(15(17,18)19)5-6-13(14)16/h5-6,9-10,12,20-21H,2-4,7-8H2,1H3. The van der Waals surface area contributed by atoms with E-state index in [9.17, 15) is 13.2 Å². The Morgan fingerprint density at radius 1 is 1.38 bits per heavy atom. The molecule has 1 aromatic carbocycles. The molecule has 21 heavy (non-hydrogen) atoms. The fraction of sp³-hybridized carbons (Fsp3) is 0.600. The number of halogens is 4. The van der Waals surface area contributed by atoms with Crippen molar-refractivity contribution in [3.05, 3.63) is 28.2 Å². The molecule has 2 rings (SSSR count). The predicted octanol–water partition coefficient (Wildman–Crippen LogP) is 4.80. The molecule has 1 heterocycles. The van der Waals surface area contributed by atoms with Crippen molar-refractivity contribution in [1.29, 1.82) is 0 Å². The van der Waals surface area contributed by atoms with Crippen LogP contribution in [0.15, 0.2) is 22.7 Å². The number of benzene rings is 1. The lowest BCUT2D eigenvalue weighted by atomic mass is 9.98. The lowest BCUT2D eigenvalue weighted by Gasteiger charge is -2.27. The molecular weight excluding hydrogens is 345 g/mol. The second kappa shape index (κ2) is 7.01. The van der Waals surface area contributed by atoms with E-state index in [0.29, 0.717) is 16.2 Å². The van der Waals surface area contributed by atoms with Crippen LogP contribution in [0.4, 0.5) is 18.9 Å². The minimum Gasteiger partial charge on any atom is -0.382 e. The van der Waals surface area contributed by atoms with E-state index in [0.717, 1.165) is 31.5 Å². The quantitative estimate of drug-likeness (QED) is 0.801. The van der Waals surface area contributed by atoms with Crippen LogP contribution in [0.3, 0.4) is 0 Å². The van der Waals surface area contributed by atoms with Crippen molar-refractivity contribution in [2.75, 3.05) is 11.9 Å². The molecule has 0 aliphatic carbocycles. The molecule has 0 spiro atoms. The maximum absolute atomic E-state index is 12.8. The topological polar surface area (TPSA) is 24.1 Å². The number of nitrogens with one attached hydrogen (secondary N) is 2. The van der Waals surface area contributed by atoms with Crippen LogP contribution in [0.2, 0.25) is 0 Å². The van der Waals surface area contributed by atoms with Crippen LogP contribution >= 0.6 is 15.9 Å². The highest BCUT2D eigenvalue weighted by Gasteiger charge is 2.31. The second-order valence-corrected chi connectivity index (χ2v) is 6.47. The summed E-state index contributed by atoms with van der Waals surface area (Å²) in [6.45, 7) is 3.04. The van der Waals surface area contributed by atoms with E-state index in [1.807, 2.05) is 6.92 Å². The van der Waals surface area contributed by atoms with Gasteiger partial charge in [-0.25, -0.2) is 0 Å². The molecule has 0 bridgehead atoms. The summed E-state index contributed by atoms with van der Waals surface area (Å²) in [5.41, 5.74) is -0.135. The summed E-state index contributed by atoms with van der Waals surface area (Å²) in [6, 6.07) is 4.25. The van der Waals surface area contributed by atoms with Crippen molar-refractivity contribution < 1.29 is 13.2 Å². The molecule has 1 saturated heterocycles. The minimum absolute atomic E-state index is 0.111. The molecule has 1 aliphatic heterocycles. The van der Waals surface area contributed by atoms with E-state index in [4.69, 9.17) is 0 Å². The van der Waals surface area contributed by atoms with Gasteiger partial charge < -0.3 is 10.6 Å². The molecule has 1 aliphatic rings. The number of hydrogen-bond donors (Lipinski definition) is 2. The molecule has 0 amide bonds. The molecule has 1 fully saturated rings. The first kappa shape index (κ1) is 16.6. The van der Waals surface area contributed by atoms with Gasteiger partial charge in [0.25, 0.3) is 0 Å². The van der Waals surface area contributed by atoms with Crippen molar-refractivity contribution in [2.24, 2.45) is 0 Å². The normalized spacial score (nSPS) is 21.1. The number of anilines is 1. The first-order valence-corrected chi connectivity index (χ1v) is 8.02. The Balaban J connectivity index is 2.00. The van der Waals surface area contributed by atoms with Crippen molar-refractivity contribution in [2.45, 2.75) is 50.9 Å². The van der Waals surface area contributed by atoms with Crippen molar-refractivity contribution in [3.8, 4) is 0 Å². The van der Waals surface area contributed by atoms with Crippen molar-refractivity contribution in [3.63, 3.8) is 0 Å². The highest BCUT2D eigenvalue weighted by Crippen LogP contribution is 2.34. The van der Waals surface area contributed by atoms with E-state index >= 15 is 0 Å². The van der Waals surface area contributed by atoms with Gasteiger partial charge in [-0.1, -0.05) is 6.42 Å². The minimum atomic E-state index is -4.31. The van der Waals surface area contributed by atoms with Crippen LogP contribution in [0.1, 0.15) is 38.2 Å². The average molecular weight is 365 g/mol. The summed E-state index contributed by atoms with van der Waals surface area (Å²) in [7, 11) is 0. The van der Waals surface area contributed by atoms with Crippen LogP contribution in [0.5, 0.6) is 0 Å². The lowest BCUT2D eigenvalue weighted by molar-refractivity contribution is -0.137. The van der Waals surface area contributed by atoms with Gasteiger partial charge in [-0.2, -0.15) is 13.2 Å². The Hall–Kier alpha value is -0.750. The monoisotopic (exact) mass is 364 g/mol. The van der Waals surface area contributed by atoms with Crippen LogP contribution in [-0.4, -0.2) is 18.6 Å². The first-order valence-electron chi connectivity index (χ1n) is 7.23. The molecule has 2 N–H and O–H groups in total. The molecule has 118 valence electrons. The van der Waals surface area contributed by atoms with Gasteiger partial charge in [0.2, 0.25) is 0 Å². The van der Waals surface area contributed by atoms with Gasteiger partial charge in [-0.15, -0.1) is 0 Å². The van der Waals surface area contributed by atoms with Gasteiger partial charge in [-0.3, -0.25) is 0 Å². The van der Waals surface area contributed by atoms with Gasteiger partial charge in [-0.05, 0) is 66.9 Å². The summed E-state index contributed by atoms with van der Waals surface area (Å²) in [5.74, 6) is 0. The summed E-state index contributed by atoms with van der Waals surface area (Å²) >= 11 is 3.31. The van der Waals surface area contributed by atoms with Crippen LogP contribution in [0.25, 0.3) is 0 Å². The summed E-state index contributed by atoms with van der Waals surface area (Å²) in [4.78, 5) is 0. The fourth-order valence-electron chi connectivity index (χ4n) is 2.69. The molecule has 2 nitrogen and oxygen atoms in total. The lowest BCUT2D eigenvalue weighted by Crippen LogP contribution is -2.37. The maximum atomic E-state index is 12.8. The van der Waals surface area contributed by atoms with Gasteiger partial charge in [0.15, 0.2) is 0 Å². The van der Waals surface area contributed by atoms with Gasteiger partial charge >= 0.3 is 6.18 Å². The van der Waals surface area contributed by atoms with Gasteiger partial charge in [0.05, 0.1) is 5.56 Å². The smallest absolute Gasteiger partial charge is 0.382 e. The summed E-state index contributed by atoms with van der Waals surface area (Å²) < 4.78 is 38.9. The molecule has 1 aromatic rings. The molecule has 0 radical (unpaired) electrons. The summed E-state index contributed by atoms with van der Waals surface area (Å²) in [5, 5.41) is 6.64. The molecule has 2 atom stereocenters. The molecular formula is C15H20BrF3N2.